The zero-order chi connectivity index (χ0) is 17.9. The Kier molecular flexibility index (Phi) is 5.46. The summed E-state index contributed by atoms with van der Waals surface area (Å²) >= 11 is 6.04. The molecule has 0 bridgehead atoms. The van der Waals surface area contributed by atoms with E-state index >= 15 is 0 Å². The minimum absolute atomic E-state index is 0.0423. The lowest BCUT2D eigenvalue weighted by Crippen LogP contribution is -2.27. The summed E-state index contributed by atoms with van der Waals surface area (Å²) in [4.78, 5) is 0.0423. The summed E-state index contributed by atoms with van der Waals surface area (Å²) in [6.07, 6.45) is 0. The van der Waals surface area contributed by atoms with Gasteiger partial charge in [-0.3, -0.25) is 4.31 Å². The molecule has 0 aliphatic rings. The van der Waals surface area contributed by atoms with Crippen LogP contribution in [0.15, 0.2) is 41.3 Å². The monoisotopic (exact) mass is 371 g/mol. The molecule has 2 aromatic rings. The average Bonchev–Trinajstić information content (AvgIpc) is 2.60. The number of rotatable bonds is 6. The van der Waals surface area contributed by atoms with Crippen molar-refractivity contribution in [1.82, 2.24) is 0 Å². The van der Waals surface area contributed by atoms with Crippen LogP contribution in [0.2, 0.25) is 5.02 Å². The molecule has 0 aliphatic carbocycles. The van der Waals surface area contributed by atoms with E-state index in [0.29, 0.717) is 22.9 Å². The van der Waals surface area contributed by atoms with Crippen molar-refractivity contribution in [3.63, 3.8) is 0 Å². The molecule has 0 amide bonds. The van der Waals surface area contributed by atoms with Crippen molar-refractivity contribution in [2.45, 2.75) is 4.90 Å². The molecular weight excluding hydrogens is 354 g/mol. The van der Waals surface area contributed by atoms with Gasteiger partial charge in [0.1, 0.15) is 17.2 Å². The smallest absolute Gasteiger partial charge is 0.264 e. The van der Waals surface area contributed by atoms with Crippen LogP contribution in [0, 0.1) is 0 Å². The molecule has 0 aliphatic heterocycles. The highest BCUT2D eigenvalue weighted by Gasteiger charge is 2.25. The van der Waals surface area contributed by atoms with Crippen LogP contribution in [0.1, 0.15) is 0 Å². The maximum Gasteiger partial charge on any atom is 0.264 e. The lowest BCUT2D eigenvalue weighted by atomic mass is 10.3. The molecule has 0 fully saturated rings. The van der Waals surface area contributed by atoms with Gasteiger partial charge in [-0.15, -0.1) is 0 Å². The maximum atomic E-state index is 12.9. The molecule has 0 aromatic heterocycles. The average molecular weight is 372 g/mol. The lowest BCUT2D eigenvalue weighted by Gasteiger charge is -2.22. The van der Waals surface area contributed by atoms with E-state index in [-0.39, 0.29) is 9.92 Å². The van der Waals surface area contributed by atoms with Crippen LogP contribution in [-0.2, 0) is 10.0 Å². The van der Waals surface area contributed by atoms with Gasteiger partial charge in [0.25, 0.3) is 10.0 Å². The normalized spacial score (nSPS) is 11.0. The standard InChI is InChI=1S/C16H18ClNO5S/c1-18(14-9-11(21-2)5-7-16(14)23-4)24(19,20)12-6-8-15(22-3)13(17)10-12/h5-10H,1-4H3. The summed E-state index contributed by atoms with van der Waals surface area (Å²) in [7, 11) is 2.03. The van der Waals surface area contributed by atoms with E-state index in [2.05, 4.69) is 0 Å². The highest BCUT2D eigenvalue weighted by atomic mass is 35.5. The lowest BCUT2D eigenvalue weighted by molar-refractivity contribution is 0.404. The van der Waals surface area contributed by atoms with Crippen LogP contribution in [-0.4, -0.2) is 36.8 Å². The van der Waals surface area contributed by atoms with Gasteiger partial charge in [-0.2, -0.15) is 0 Å². The first-order valence-electron chi connectivity index (χ1n) is 6.89. The Morgan fingerprint density at radius 2 is 1.54 bits per heavy atom. The number of anilines is 1. The van der Waals surface area contributed by atoms with E-state index in [0.717, 1.165) is 4.31 Å². The molecule has 6 nitrogen and oxygen atoms in total. The van der Waals surface area contributed by atoms with Gasteiger partial charge in [0, 0.05) is 13.1 Å². The molecule has 2 rings (SSSR count). The fraction of sp³-hybridized carbons (Fsp3) is 0.250. The van der Waals surface area contributed by atoms with Crippen molar-refractivity contribution in [2.24, 2.45) is 0 Å². The predicted octanol–water partition coefficient (Wildman–Crippen LogP) is 3.19. The van der Waals surface area contributed by atoms with Crippen LogP contribution in [0.5, 0.6) is 17.2 Å². The molecule has 24 heavy (non-hydrogen) atoms. The van der Waals surface area contributed by atoms with E-state index in [9.17, 15) is 8.42 Å². The van der Waals surface area contributed by atoms with Crippen LogP contribution in [0.3, 0.4) is 0 Å². The van der Waals surface area contributed by atoms with Gasteiger partial charge in [0.05, 0.1) is 36.9 Å². The van der Waals surface area contributed by atoms with Crippen LogP contribution in [0.4, 0.5) is 5.69 Å². The summed E-state index contributed by atoms with van der Waals surface area (Å²) < 4.78 is 42.3. The molecular formula is C16H18ClNO5S. The SMILES string of the molecule is COc1ccc(OC)c(N(C)S(=O)(=O)c2ccc(OC)c(Cl)c2)c1. The molecule has 0 spiro atoms. The first kappa shape index (κ1) is 18.2. The van der Waals surface area contributed by atoms with Gasteiger partial charge in [0.15, 0.2) is 0 Å². The largest absolute Gasteiger partial charge is 0.497 e. The van der Waals surface area contributed by atoms with Gasteiger partial charge in [0.2, 0.25) is 0 Å². The molecule has 8 heteroatoms. The Bertz CT molecular complexity index is 838. The third-order valence-electron chi connectivity index (χ3n) is 3.51. The minimum atomic E-state index is -3.84. The van der Waals surface area contributed by atoms with Gasteiger partial charge in [-0.05, 0) is 30.3 Å². The Labute approximate surface area is 146 Å². The van der Waals surface area contributed by atoms with Crippen LogP contribution in [0.25, 0.3) is 0 Å². The number of hydrogen-bond donors (Lipinski definition) is 0. The van der Waals surface area contributed by atoms with Crippen LogP contribution >= 0.6 is 11.6 Å². The second kappa shape index (κ2) is 7.19. The molecule has 0 saturated heterocycles. The van der Waals surface area contributed by atoms with Crippen molar-refractivity contribution in [2.75, 3.05) is 32.7 Å². The van der Waals surface area contributed by atoms with Crippen molar-refractivity contribution in [1.29, 1.82) is 0 Å². The van der Waals surface area contributed by atoms with Gasteiger partial charge in [-0.25, -0.2) is 8.42 Å². The Morgan fingerprint density at radius 3 is 2.08 bits per heavy atom. The molecule has 0 heterocycles. The quantitative estimate of drug-likeness (QED) is 0.780. The zero-order valence-corrected chi connectivity index (χ0v) is 15.3. The molecule has 0 saturated carbocycles. The third kappa shape index (κ3) is 3.37. The second-order valence-corrected chi connectivity index (χ2v) is 7.18. The van der Waals surface area contributed by atoms with E-state index in [1.807, 2.05) is 0 Å². The molecule has 0 atom stereocenters. The van der Waals surface area contributed by atoms with Crippen molar-refractivity contribution in [3.8, 4) is 17.2 Å². The number of sulfonamides is 1. The summed E-state index contributed by atoms with van der Waals surface area (Å²) in [6.45, 7) is 0. The first-order valence-corrected chi connectivity index (χ1v) is 8.71. The van der Waals surface area contributed by atoms with Crippen molar-refractivity contribution >= 4 is 27.3 Å². The number of ether oxygens (including phenoxy) is 3. The topological polar surface area (TPSA) is 65.1 Å². The summed E-state index contributed by atoms with van der Waals surface area (Å²) in [5.74, 6) is 1.32. The molecule has 130 valence electrons. The number of halogens is 1. The molecule has 0 radical (unpaired) electrons. The number of nitrogens with zero attached hydrogens (tertiary/aromatic N) is 1. The van der Waals surface area contributed by atoms with Gasteiger partial charge in [-0.1, -0.05) is 11.6 Å². The summed E-state index contributed by atoms with van der Waals surface area (Å²) in [6, 6.07) is 9.20. The van der Waals surface area contributed by atoms with E-state index in [1.165, 1.54) is 46.6 Å². The minimum Gasteiger partial charge on any atom is -0.497 e. The number of benzene rings is 2. The molecule has 0 unspecified atom stereocenters. The first-order chi connectivity index (χ1) is 11.3. The molecule has 2 aromatic carbocycles. The number of methoxy groups -OCH3 is 3. The Hall–Kier alpha value is -2.12. The Balaban J connectivity index is 2.51. The van der Waals surface area contributed by atoms with E-state index in [4.69, 9.17) is 25.8 Å². The summed E-state index contributed by atoms with van der Waals surface area (Å²) in [5, 5.41) is 0.213. The maximum absolute atomic E-state index is 12.9. The Morgan fingerprint density at radius 1 is 0.917 bits per heavy atom. The zero-order valence-electron chi connectivity index (χ0n) is 13.7. The van der Waals surface area contributed by atoms with Crippen molar-refractivity contribution in [3.05, 3.63) is 41.4 Å². The molecule has 0 N–H and O–H groups in total. The van der Waals surface area contributed by atoms with E-state index < -0.39 is 10.0 Å². The highest BCUT2D eigenvalue weighted by Crippen LogP contribution is 2.35. The highest BCUT2D eigenvalue weighted by molar-refractivity contribution is 7.92. The van der Waals surface area contributed by atoms with Crippen LogP contribution < -0.4 is 18.5 Å². The van der Waals surface area contributed by atoms with Gasteiger partial charge < -0.3 is 14.2 Å². The van der Waals surface area contributed by atoms with E-state index in [1.54, 1.807) is 18.2 Å². The second-order valence-electron chi connectivity index (χ2n) is 4.81. The predicted molar refractivity (Wildman–Crippen MR) is 93.1 cm³/mol. The third-order valence-corrected chi connectivity index (χ3v) is 5.57. The number of hydrogen-bond acceptors (Lipinski definition) is 5. The fourth-order valence-electron chi connectivity index (χ4n) is 2.14. The fourth-order valence-corrected chi connectivity index (χ4v) is 3.69. The van der Waals surface area contributed by atoms with Crippen molar-refractivity contribution < 1.29 is 22.6 Å². The summed E-state index contributed by atoms with van der Waals surface area (Å²) in [5.41, 5.74) is 0.351. The van der Waals surface area contributed by atoms with Gasteiger partial charge >= 0.3 is 0 Å².